The van der Waals surface area contributed by atoms with Crippen molar-refractivity contribution in [1.29, 1.82) is 0 Å². The third-order valence-corrected chi connectivity index (χ3v) is 4.83. The third kappa shape index (κ3) is 6.35. The summed E-state index contributed by atoms with van der Waals surface area (Å²) in [6.07, 6.45) is 18.3. The van der Waals surface area contributed by atoms with Gasteiger partial charge in [0, 0.05) is 12.5 Å². The van der Waals surface area contributed by atoms with Crippen molar-refractivity contribution in [2.24, 2.45) is 5.92 Å². The fourth-order valence-electron chi connectivity index (χ4n) is 3.35. The molecule has 2 N–H and O–H groups in total. The summed E-state index contributed by atoms with van der Waals surface area (Å²) in [4.78, 5) is 12.0. The van der Waals surface area contributed by atoms with Gasteiger partial charge in [0.15, 0.2) is 0 Å². The quantitative estimate of drug-likeness (QED) is 0.669. The van der Waals surface area contributed by atoms with Gasteiger partial charge in [-0.1, -0.05) is 36.6 Å². The average Bonchev–Trinajstić information content (AvgIpc) is 2.55. The molecule has 2 aliphatic rings. The zero-order valence-corrected chi connectivity index (χ0v) is 13.7. The van der Waals surface area contributed by atoms with Gasteiger partial charge in [0.1, 0.15) is 0 Å². The van der Waals surface area contributed by atoms with Gasteiger partial charge in [0.2, 0.25) is 5.91 Å². The molecule has 0 atom stereocenters. The molecule has 0 radical (unpaired) electrons. The number of carbonyl (C=O) groups excluding carboxylic acids is 1. The third-order valence-electron chi connectivity index (χ3n) is 4.83. The largest absolute Gasteiger partial charge is 0.393 e. The number of hydrogen-bond donors (Lipinski definition) is 2. The Balaban J connectivity index is 1.44. The van der Waals surface area contributed by atoms with Gasteiger partial charge >= 0.3 is 0 Å². The standard InChI is InChI=1S/C19H31NO2/c21-18-13-11-17(12-14-18)19(22)20-15-7-2-1-4-8-16-9-5-3-6-10-16/h5,9-10,17-18,21H,1-4,6-8,11-15H2,(H,20,22). The Bertz CT molecular complexity index is 392. The SMILES string of the molecule is O=C(NCCCCCCC1=CCCC=C1)C1CCC(O)CC1. The summed E-state index contributed by atoms with van der Waals surface area (Å²) in [7, 11) is 0. The molecular weight excluding hydrogens is 274 g/mol. The van der Waals surface area contributed by atoms with Crippen molar-refractivity contribution in [3.8, 4) is 0 Å². The maximum Gasteiger partial charge on any atom is 0.223 e. The normalized spacial score (nSPS) is 24.9. The number of unbranched alkanes of at least 4 members (excludes halogenated alkanes) is 3. The van der Waals surface area contributed by atoms with Crippen LogP contribution >= 0.6 is 0 Å². The predicted octanol–water partition coefficient (Wildman–Crippen LogP) is 3.88. The van der Waals surface area contributed by atoms with E-state index in [0.29, 0.717) is 0 Å². The number of carbonyl (C=O) groups is 1. The molecule has 1 fully saturated rings. The molecule has 0 saturated heterocycles. The van der Waals surface area contributed by atoms with E-state index in [1.54, 1.807) is 0 Å². The van der Waals surface area contributed by atoms with Crippen LogP contribution in [-0.4, -0.2) is 23.7 Å². The Morgan fingerprint density at radius 3 is 2.59 bits per heavy atom. The molecule has 22 heavy (non-hydrogen) atoms. The topological polar surface area (TPSA) is 49.3 Å². The number of aliphatic hydroxyl groups excluding tert-OH is 1. The minimum Gasteiger partial charge on any atom is -0.393 e. The van der Waals surface area contributed by atoms with Crippen molar-refractivity contribution in [3.63, 3.8) is 0 Å². The molecule has 0 aromatic carbocycles. The Labute approximate surface area is 134 Å². The van der Waals surface area contributed by atoms with E-state index in [1.807, 2.05) is 0 Å². The van der Waals surface area contributed by atoms with Crippen LogP contribution in [-0.2, 0) is 4.79 Å². The molecule has 0 aromatic heterocycles. The number of rotatable bonds is 8. The fraction of sp³-hybridized carbons (Fsp3) is 0.737. The number of aliphatic hydroxyl groups is 1. The summed E-state index contributed by atoms with van der Waals surface area (Å²) >= 11 is 0. The number of hydrogen-bond acceptors (Lipinski definition) is 2. The molecule has 0 aromatic rings. The van der Waals surface area contributed by atoms with E-state index in [9.17, 15) is 9.90 Å². The first kappa shape index (κ1) is 17.3. The van der Waals surface area contributed by atoms with Gasteiger partial charge < -0.3 is 10.4 Å². The Morgan fingerprint density at radius 1 is 1.09 bits per heavy atom. The lowest BCUT2D eigenvalue weighted by molar-refractivity contribution is -0.126. The van der Waals surface area contributed by atoms with Gasteiger partial charge in [-0.3, -0.25) is 4.79 Å². The van der Waals surface area contributed by atoms with Crippen molar-refractivity contribution in [2.45, 2.75) is 76.7 Å². The first-order chi connectivity index (χ1) is 10.8. The van der Waals surface area contributed by atoms with E-state index in [2.05, 4.69) is 23.5 Å². The van der Waals surface area contributed by atoms with E-state index in [1.165, 1.54) is 44.1 Å². The minimum atomic E-state index is -0.182. The summed E-state index contributed by atoms with van der Waals surface area (Å²) in [5.74, 6) is 0.331. The van der Waals surface area contributed by atoms with Crippen molar-refractivity contribution < 1.29 is 9.90 Å². The maximum absolute atomic E-state index is 12.0. The van der Waals surface area contributed by atoms with Gasteiger partial charge in [-0.15, -0.1) is 0 Å². The summed E-state index contributed by atoms with van der Waals surface area (Å²) in [6.45, 7) is 0.806. The smallest absolute Gasteiger partial charge is 0.223 e. The van der Waals surface area contributed by atoms with Crippen molar-refractivity contribution in [1.82, 2.24) is 5.32 Å². The van der Waals surface area contributed by atoms with E-state index < -0.39 is 0 Å². The number of allylic oxidation sites excluding steroid dienone is 4. The van der Waals surface area contributed by atoms with Crippen LogP contribution in [0, 0.1) is 5.92 Å². The van der Waals surface area contributed by atoms with E-state index in [-0.39, 0.29) is 17.9 Å². The Hall–Kier alpha value is -1.09. The predicted molar refractivity (Wildman–Crippen MR) is 90.5 cm³/mol. The zero-order valence-electron chi connectivity index (χ0n) is 13.7. The average molecular weight is 305 g/mol. The molecule has 2 rings (SSSR count). The molecular formula is C19H31NO2. The monoisotopic (exact) mass is 305 g/mol. The highest BCUT2D eigenvalue weighted by atomic mass is 16.3. The summed E-state index contributed by atoms with van der Waals surface area (Å²) in [5.41, 5.74) is 1.50. The first-order valence-electron chi connectivity index (χ1n) is 9.07. The molecule has 0 heterocycles. The maximum atomic E-state index is 12.0. The second kappa shape index (κ2) is 9.83. The van der Waals surface area contributed by atoms with Crippen LogP contribution < -0.4 is 5.32 Å². The first-order valence-corrected chi connectivity index (χ1v) is 9.07. The minimum absolute atomic E-state index is 0.133. The second-order valence-corrected chi connectivity index (χ2v) is 6.72. The van der Waals surface area contributed by atoms with Gasteiger partial charge in [0.05, 0.1) is 6.10 Å². The molecule has 1 amide bonds. The lowest BCUT2D eigenvalue weighted by atomic mass is 9.87. The fourth-order valence-corrected chi connectivity index (χ4v) is 3.35. The van der Waals surface area contributed by atoms with Crippen LogP contribution in [0.5, 0.6) is 0 Å². The van der Waals surface area contributed by atoms with Crippen LogP contribution in [0.2, 0.25) is 0 Å². The lowest BCUT2D eigenvalue weighted by Gasteiger charge is -2.24. The molecule has 3 heteroatoms. The van der Waals surface area contributed by atoms with Gasteiger partial charge in [-0.25, -0.2) is 0 Å². The van der Waals surface area contributed by atoms with E-state index in [4.69, 9.17) is 0 Å². The van der Waals surface area contributed by atoms with E-state index >= 15 is 0 Å². The molecule has 124 valence electrons. The van der Waals surface area contributed by atoms with Crippen LogP contribution in [0.1, 0.15) is 70.6 Å². The molecule has 0 bridgehead atoms. The Morgan fingerprint density at radius 2 is 1.86 bits per heavy atom. The van der Waals surface area contributed by atoms with Gasteiger partial charge in [-0.05, 0) is 57.8 Å². The van der Waals surface area contributed by atoms with Gasteiger partial charge in [-0.2, -0.15) is 0 Å². The van der Waals surface area contributed by atoms with E-state index in [0.717, 1.165) is 38.6 Å². The van der Waals surface area contributed by atoms with Crippen LogP contribution in [0.4, 0.5) is 0 Å². The highest BCUT2D eigenvalue weighted by molar-refractivity contribution is 5.78. The van der Waals surface area contributed by atoms with Crippen molar-refractivity contribution in [3.05, 3.63) is 23.8 Å². The van der Waals surface area contributed by atoms with Crippen LogP contribution in [0.3, 0.4) is 0 Å². The number of nitrogens with one attached hydrogen (secondary N) is 1. The summed E-state index contributed by atoms with van der Waals surface area (Å²) in [6, 6.07) is 0. The number of amides is 1. The van der Waals surface area contributed by atoms with Crippen molar-refractivity contribution in [2.75, 3.05) is 6.54 Å². The lowest BCUT2D eigenvalue weighted by Crippen LogP contribution is -2.34. The second-order valence-electron chi connectivity index (χ2n) is 6.72. The summed E-state index contributed by atoms with van der Waals surface area (Å²) < 4.78 is 0. The molecule has 0 spiro atoms. The van der Waals surface area contributed by atoms with Crippen LogP contribution in [0.15, 0.2) is 23.8 Å². The molecule has 1 saturated carbocycles. The molecule has 3 nitrogen and oxygen atoms in total. The Kier molecular flexibility index (Phi) is 7.72. The highest BCUT2D eigenvalue weighted by Gasteiger charge is 2.24. The van der Waals surface area contributed by atoms with Gasteiger partial charge in [0.25, 0.3) is 0 Å². The molecule has 2 aliphatic carbocycles. The zero-order chi connectivity index (χ0) is 15.6. The van der Waals surface area contributed by atoms with Crippen molar-refractivity contribution >= 4 is 5.91 Å². The summed E-state index contributed by atoms with van der Waals surface area (Å²) in [5, 5.41) is 12.5. The molecule has 0 aliphatic heterocycles. The molecule has 0 unspecified atom stereocenters. The highest BCUT2D eigenvalue weighted by Crippen LogP contribution is 2.24. The van der Waals surface area contributed by atoms with Crippen LogP contribution in [0.25, 0.3) is 0 Å².